The van der Waals surface area contributed by atoms with E-state index in [1.807, 2.05) is 5.32 Å². The van der Waals surface area contributed by atoms with Crippen LogP contribution in [0.1, 0.15) is 6.92 Å². The molecule has 0 saturated carbocycles. The highest BCUT2D eigenvalue weighted by Gasteiger charge is 2.22. The average Bonchev–Trinajstić information content (AvgIpc) is 2.31. The predicted molar refractivity (Wildman–Crippen MR) is 58.9 cm³/mol. The lowest BCUT2D eigenvalue weighted by molar-refractivity contribution is -0.384. The van der Waals surface area contributed by atoms with Gasteiger partial charge in [0.1, 0.15) is 5.69 Å². The molecule has 104 valence electrons. The van der Waals surface area contributed by atoms with E-state index < -0.39 is 46.8 Å². The Morgan fingerprint density at radius 2 is 2.21 bits per heavy atom. The Hall–Kier alpha value is -2.32. The summed E-state index contributed by atoms with van der Waals surface area (Å²) in [4.78, 5) is 20.6. The van der Waals surface area contributed by atoms with E-state index in [9.17, 15) is 28.1 Å². The van der Waals surface area contributed by atoms with Crippen molar-refractivity contribution in [3.63, 3.8) is 0 Å². The van der Waals surface area contributed by atoms with E-state index in [1.165, 1.54) is 0 Å². The van der Waals surface area contributed by atoms with E-state index in [2.05, 4.69) is 4.74 Å². The zero-order valence-electron chi connectivity index (χ0n) is 9.65. The number of nitrogens with zero attached hydrogens (tertiary/aromatic N) is 1. The van der Waals surface area contributed by atoms with Crippen LogP contribution in [0.4, 0.5) is 24.5 Å². The first kappa shape index (κ1) is 14.7. The predicted octanol–water partition coefficient (Wildman–Crippen LogP) is 2.34. The first-order valence-electron chi connectivity index (χ1n) is 4.97. The molecule has 0 aliphatic carbocycles. The summed E-state index contributed by atoms with van der Waals surface area (Å²) in [6.45, 7) is -0.451. The Labute approximate surface area is 105 Å². The van der Waals surface area contributed by atoms with E-state index in [0.717, 1.165) is 6.92 Å². The average molecular weight is 278 g/mol. The summed E-state index contributed by atoms with van der Waals surface area (Å²) < 4.78 is 42.2. The molecule has 9 heteroatoms. The maximum atomic E-state index is 13.5. The van der Waals surface area contributed by atoms with Crippen LogP contribution in [-0.4, -0.2) is 23.9 Å². The Balaban J connectivity index is 3.20. The third kappa shape index (κ3) is 3.83. The number of carbonyl (C=O) groups is 1. The Morgan fingerprint density at radius 1 is 1.58 bits per heavy atom. The summed E-state index contributed by atoms with van der Waals surface area (Å²) in [7, 11) is 0. The fourth-order valence-electron chi connectivity index (χ4n) is 1.24. The lowest BCUT2D eigenvalue weighted by Gasteiger charge is -2.10. The number of carbonyl (C=O) groups excluding carboxylic acids is 1. The number of benzene rings is 1. The standard InChI is InChI=1S/C10H9F3N2O4/c1-5(16)14-7-2-6(12)9(19-10(13)4-11)3-8(7)15(17)18/h2-3,10H,4H2,1H3,(H,14,16). The summed E-state index contributed by atoms with van der Waals surface area (Å²) in [6, 6.07) is 1.17. The molecule has 0 fully saturated rings. The molecule has 1 rings (SSSR count). The van der Waals surface area contributed by atoms with Crippen molar-refractivity contribution in [3.05, 3.63) is 28.1 Å². The molecular weight excluding hydrogens is 269 g/mol. The zero-order chi connectivity index (χ0) is 14.6. The Bertz CT molecular complexity index is 510. The van der Waals surface area contributed by atoms with Crippen molar-refractivity contribution in [1.82, 2.24) is 0 Å². The van der Waals surface area contributed by atoms with Gasteiger partial charge in [-0.2, -0.15) is 4.39 Å². The number of nitrogens with one attached hydrogen (secondary N) is 1. The van der Waals surface area contributed by atoms with Crippen molar-refractivity contribution in [2.45, 2.75) is 13.3 Å². The van der Waals surface area contributed by atoms with Gasteiger partial charge in [0.2, 0.25) is 5.91 Å². The third-order valence-corrected chi connectivity index (χ3v) is 1.93. The summed E-state index contributed by atoms with van der Waals surface area (Å²) in [5, 5.41) is 12.8. The zero-order valence-corrected chi connectivity index (χ0v) is 9.65. The van der Waals surface area contributed by atoms with Gasteiger partial charge in [-0.1, -0.05) is 0 Å². The summed E-state index contributed by atoms with van der Waals surface area (Å²) in [5.41, 5.74) is -1.10. The van der Waals surface area contributed by atoms with E-state index in [4.69, 9.17) is 0 Å². The van der Waals surface area contributed by atoms with E-state index in [0.29, 0.717) is 12.1 Å². The number of hydrogen-bond acceptors (Lipinski definition) is 4. The first-order chi connectivity index (χ1) is 8.85. The topological polar surface area (TPSA) is 81.5 Å². The molecule has 19 heavy (non-hydrogen) atoms. The van der Waals surface area contributed by atoms with Crippen LogP contribution < -0.4 is 10.1 Å². The number of rotatable bonds is 5. The molecule has 0 radical (unpaired) electrons. The van der Waals surface area contributed by atoms with E-state index >= 15 is 0 Å². The van der Waals surface area contributed by atoms with Crippen LogP contribution in [0.2, 0.25) is 0 Å². The smallest absolute Gasteiger partial charge is 0.296 e. The molecule has 1 aromatic rings. The molecule has 0 aliphatic rings. The highest BCUT2D eigenvalue weighted by Crippen LogP contribution is 2.32. The second-order valence-corrected chi connectivity index (χ2v) is 3.42. The van der Waals surface area contributed by atoms with Gasteiger partial charge in [0, 0.05) is 13.0 Å². The minimum Gasteiger partial charge on any atom is -0.454 e. The van der Waals surface area contributed by atoms with Gasteiger partial charge < -0.3 is 10.1 Å². The Morgan fingerprint density at radius 3 is 2.68 bits per heavy atom. The molecule has 1 N–H and O–H groups in total. The number of ether oxygens (including phenoxy) is 1. The first-order valence-corrected chi connectivity index (χ1v) is 4.97. The molecular formula is C10H9F3N2O4. The molecule has 1 aromatic carbocycles. The molecule has 0 heterocycles. The van der Waals surface area contributed by atoms with Crippen LogP contribution in [0.25, 0.3) is 0 Å². The lowest BCUT2D eigenvalue weighted by atomic mass is 10.2. The van der Waals surface area contributed by atoms with Gasteiger partial charge in [-0.25, -0.2) is 8.78 Å². The largest absolute Gasteiger partial charge is 0.454 e. The van der Waals surface area contributed by atoms with Gasteiger partial charge in [0.15, 0.2) is 18.2 Å². The number of hydrogen-bond donors (Lipinski definition) is 1. The van der Waals surface area contributed by atoms with Gasteiger partial charge >= 0.3 is 0 Å². The van der Waals surface area contributed by atoms with Crippen molar-refractivity contribution in [2.75, 3.05) is 12.0 Å². The maximum absolute atomic E-state index is 13.5. The molecule has 1 atom stereocenters. The normalized spacial score (nSPS) is 11.8. The molecule has 0 spiro atoms. The molecule has 0 saturated heterocycles. The number of halogens is 3. The number of amides is 1. The fourth-order valence-corrected chi connectivity index (χ4v) is 1.24. The fraction of sp³-hybridized carbons (Fsp3) is 0.300. The maximum Gasteiger partial charge on any atom is 0.296 e. The van der Waals surface area contributed by atoms with Crippen molar-refractivity contribution >= 4 is 17.3 Å². The molecule has 0 aliphatic heterocycles. The van der Waals surface area contributed by atoms with Gasteiger partial charge in [-0.05, 0) is 0 Å². The van der Waals surface area contributed by atoms with E-state index in [-0.39, 0.29) is 0 Å². The Kier molecular flexibility index (Phi) is 4.67. The molecule has 0 aromatic heterocycles. The van der Waals surface area contributed by atoms with E-state index in [1.54, 1.807) is 0 Å². The number of nitro groups is 1. The van der Waals surface area contributed by atoms with Crippen LogP contribution in [0.3, 0.4) is 0 Å². The number of nitro benzene ring substituents is 1. The highest BCUT2D eigenvalue weighted by molar-refractivity contribution is 5.91. The minimum atomic E-state index is -2.43. The summed E-state index contributed by atoms with van der Waals surface area (Å²) >= 11 is 0. The minimum absolute atomic E-state index is 0.405. The van der Waals surface area contributed by atoms with Gasteiger partial charge in [-0.15, -0.1) is 0 Å². The summed E-state index contributed by atoms with van der Waals surface area (Å²) in [5.74, 6) is -2.63. The highest BCUT2D eigenvalue weighted by atomic mass is 19.2. The van der Waals surface area contributed by atoms with Crippen LogP contribution >= 0.6 is 0 Å². The monoisotopic (exact) mass is 278 g/mol. The van der Waals surface area contributed by atoms with Gasteiger partial charge in [-0.3, -0.25) is 14.9 Å². The SMILES string of the molecule is CC(=O)Nc1cc(F)c(OC(F)CF)cc1[N+](=O)[O-]. The lowest BCUT2D eigenvalue weighted by Crippen LogP contribution is -2.14. The second kappa shape index (κ2) is 6.03. The molecule has 0 bridgehead atoms. The van der Waals surface area contributed by atoms with Crippen molar-refractivity contribution in [3.8, 4) is 5.75 Å². The molecule has 1 unspecified atom stereocenters. The van der Waals surface area contributed by atoms with Gasteiger partial charge in [0.25, 0.3) is 12.0 Å². The molecule has 1 amide bonds. The summed E-state index contributed by atoms with van der Waals surface area (Å²) in [6.07, 6.45) is -2.43. The van der Waals surface area contributed by atoms with Gasteiger partial charge in [0.05, 0.1) is 11.0 Å². The van der Waals surface area contributed by atoms with Crippen LogP contribution in [-0.2, 0) is 4.79 Å². The van der Waals surface area contributed by atoms with Crippen LogP contribution in [0.5, 0.6) is 5.75 Å². The molecule has 6 nitrogen and oxygen atoms in total. The van der Waals surface area contributed by atoms with Crippen molar-refractivity contribution in [2.24, 2.45) is 0 Å². The second-order valence-electron chi connectivity index (χ2n) is 3.42. The quantitative estimate of drug-likeness (QED) is 0.662. The number of anilines is 1. The van der Waals surface area contributed by atoms with Crippen LogP contribution in [0.15, 0.2) is 12.1 Å². The number of alkyl halides is 2. The van der Waals surface area contributed by atoms with Crippen molar-refractivity contribution in [1.29, 1.82) is 0 Å². The van der Waals surface area contributed by atoms with Crippen LogP contribution in [0, 0.1) is 15.9 Å². The van der Waals surface area contributed by atoms with Crippen molar-refractivity contribution < 1.29 is 27.6 Å². The third-order valence-electron chi connectivity index (χ3n) is 1.93.